The molecule has 1 heterocycles. The van der Waals surface area contributed by atoms with Gasteiger partial charge >= 0.3 is 0 Å². The molecule has 2 fully saturated rings. The Bertz CT molecular complexity index is 298. The molecule has 0 amide bonds. The molecule has 2 rings (SSSR count). The van der Waals surface area contributed by atoms with Crippen molar-refractivity contribution < 1.29 is 13.5 Å². The van der Waals surface area contributed by atoms with Gasteiger partial charge in [0.25, 0.3) is 6.43 Å². The number of halogens is 2. The van der Waals surface area contributed by atoms with Crippen LogP contribution in [-0.4, -0.2) is 49.7 Å². The van der Waals surface area contributed by atoms with Crippen LogP contribution >= 0.6 is 0 Å². The number of ether oxygens (including phenoxy) is 1. The maximum Gasteiger partial charge on any atom is 0.251 e. The first kappa shape index (κ1) is 13.2. The highest BCUT2D eigenvalue weighted by atomic mass is 19.3. The van der Waals surface area contributed by atoms with E-state index in [0.717, 1.165) is 13.0 Å². The summed E-state index contributed by atoms with van der Waals surface area (Å²) in [7, 11) is 1.71. The fourth-order valence-electron chi connectivity index (χ4n) is 3.54. The Balaban J connectivity index is 2.03. The fourth-order valence-corrected chi connectivity index (χ4v) is 3.54. The molecular formula is C12H22F2N2O. The molecular weight excluding hydrogens is 226 g/mol. The van der Waals surface area contributed by atoms with Crippen LogP contribution in [0.15, 0.2) is 0 Å². The summed E-state index contributed by atoms with van der Waals surface area (Å²) in [5, 5.41) is 0. The van der Waals surface area contributed by atoms with E-state index in [9.17, 15) is 8.78 Å². The van der Waals surface area contributed by atoms with Gasteiger partial charge in [-0.25, -0.2) is 8.78 Å². The third kappa shape index (κ3) is 1.88. The summed E-state index contributed by atoms with van der Waals surface area (Å²) in [6.07, 6.45) is -1.15. The fraction of sp³-hybridized carbons (Fsp3) is 1.00. The molecule has 1 aliphatic carbocycles. The van der Waals surface area contributed by atoms with Crippen molar-refractivity contribution in [3.8, 4) is 0 Å². The quantitative estimate of drug-likeness (QED) is 0.815. The molecule has 0 bridgehead atoms. The molecule has 3 atom stereocenters. The van der Waals surface area contributed by atoms with Crippen molar-refractivity contribution in [2.45, 2.75) is 38.3 Å². The van der Waals surface area contributed by atoms with E-state index < -0.39 is 12.0 Å². The number of alkyl halides is 2. The zero-order valence-electron chi connectivity index (χ0n) is 10.7. The number of fused-ring (bicyclic) bond motifs is 1. The topological polar surface area (TPSA) is 38.5 Å². The van der Waals surface area contributed by atoms with Gasteiger partial charge in [0.05, 0.1) is 12.6 Å². The Morgan fingerprint density at radius 2 is 2.12 bits per heavy atom. The van der Waals surface area contributed by atoms with Crippen LogP contribution in [0.1, 0.15) is 20.3 Å². The van der Waals surface area contributed by atoms with E-state index in [0.29, 0.717) is 12.5 Å². The molecule has 5 heteroatoms. The molecule has 1 saturated carbocycles. The molecule has 0 aromatic carbocycles. The van der Waals surface area contributed by atoms with Gasteiger partial charge in [-0.1, -0.05) is 13.8 Å². The molecule has 0 aromatic heterocycles. The van der Waals surface area contributed by atoms with Gasteiger partial charge in [0.1, 0.15) is 0 Å². The highest BCUT2D eigenvalue weighted by Gasteiger charge is 2.67. The minimum Gasteiger partial charge on any atom is -0.377 e. The van der Waals surface area contributed by atoms with Gasteiger partial charge in [-0.3, -0.25) is 4.90 Å². The van der Waals surface area contributed by atoms with Crippen molar-refractivity contribution in [1.29, 1.82) is 0 Å². The predicted molar refractivity (Wildman–Crippen MR) is 62.0 cm³/mol. The lowest BCUT2D eigenvalue weighted by Gasteiger charge is -2.63. The van der Waals surface area contributed by atoms with Gasteiger partial charge in [-0.15, -0.1) is 0 Å². The second kappa shape index (κ2) is 4.14. The Labute approximate surface area is 101 Å². The maximum atomic E-state index is 12.3. The van der Waals surface area contributed by atoms with Crippen LogP contribution in [0, 0.1) is 11.3 Å². The molecule has 0 radical (unpaired) electrons. The standard InChI is InChI=1S/C12H22F2N2O/c1-11(2)10-8(4-5-17-10)12(11,15)7-16(3)6-9(13)14/h8-10H,4-7,15H2,1-3H3. The van der Waals surface area contributed by atoms with E-state index >= 15 is 0 Å². The Kier molecular flexibility index (Phi) is 3.21. The normalized spacial score (nSPS) is 39.5. The van der Waals surface area contributed by atoms with Gasteiger partial charge in [0, 0.05) is 30.0 Å². The summed E-state index contributed by atoms with van der Waals surface area (Å²) >= 11 is 0. The predicted octanol–water partition coefficient (Wildman–Crippen LogP) is 1.33. The lowest BCUT2D eigenvalue weighted by molar-refractivity contribution is -0.163. The first-order chi connectivity index (χ1) is 7.79. The minimum absolute atomic E-state index is 0.134. The van der Waals surface area contributed by atoms with E-state index in [1.54, 1.807) is 11.9 Å². The molecule has 1 saturated heterocycles. The summed E-state index contributed by atoms with van der Waals surface area (Å²) in [5.41, 5.74) is 5.94. The maximum absolute atomic E-state index is 12.3. The zero-order chi connectivity index (χ0) is 12.8. The Morgan fingerprint density at radius 1 is 1.47 bits per heavy atom. The minimum atomic E-state index is -2.30. The molecule has 17 heavy (non-hydrogen) atoms. The molecule has 3 unspecified atom stereocenters. The van der Waals surface area contributed by atoms with Gasteiger partial charge < -0.3 is 10.5 Å². The molecule has 0 spiro atoms. The van der Waals surface area contributed by atoms with E-state index in [4.69, 9.17) is 10.5 Å². The van der Waals surface area contributed by atoms with Crippen LogP contribution in [0.4, 0.5) is 8.78 Å². The van der Waals surface area contributed by atoms with Crippen molar-refractivity contribution >= 4 is 0 Å². The lowest BCUT2D eigenvalue weighted by Crippen LogP contribution is -2.78. The molecule has 1 aliphatic heterocycles. The van der Waals surface area contributed by atoms with Gasteiger partial charge in [-0.2, -0.15) is 0 Å². The van der Waals surface area contributed by atoms with E-state index in [1.807, 2.05) is 0 Å². The van der Waals surface area contributed by atoms with Crippen molar-refractivity contribution in [3.05, 3.63) is 0 Å². The van der Waals surface area contributed by atoms with Crippen LogP contribution < -0.4 is 5.73 Å². The molecule has 3 nitrogen and oxygen atoms in total. The average molecular weight is 248 g/mol. The summed E-state index contributed by atoms with van der Waals surface area (Å²) in [5.74, 6) is 0.317. The molecule has 2 N–H and O–H groups in total. The SMILES string of the molecule is CN(CC(F)F)CC1(N)C2CCOC2C1(C)C. The summed E-state index contributed by atoms with van der Waals surface area (Å²) in [6.45, 7) is 5.20. The number of hydrogen-bond acceptors (Lipinski definition) is 3. The van der Waals surface area contributed by atoms with Gasteiger partial charge in [-0.05, 0) is 13.5 Å². The van der Waals surface area contributed by atoms with Crippen LogP contribution in [0.5, 0.6) is 0 Å². The number of hydrogen-bond donors (Lipinski definition) is 1. The van der Waals surface area contributed by atoms with E-state index in [1.165, 1.54) is 0 Å². The van der Waals surface area contributed by atoms with Crippen molar-refractivity contribution in [1.82, 2.24) is 4.90 Å². The smallest absolute Gasteiger partial charge is 0.251 e. The number of nitrogens with zero attached hydrogens (tertiary/aromatic N) is 1. The largest absolute Gasteiger partial charge is 0.377 e. The first-order valence-corrected chi connectivity index (χ1v) is 6.16. The number of nitrogens with two attached hydrogens (primary N) is 1. The summed E-state index contributed by atoms with van der Waals surface area (Å²) in [6, 6.07) is 0. The van der Waals surface area contributed by atoms with Crippen LogP contribution in [0.3, 0.4) is 0 Å². The van der Waals surface area contributed by atoms with Crippen LogP contribution in [-0.2, 0) is 4.74 Å². The molecule has 2 aliphatic rings. The second-order valence-corrected chi connectivity index (χ2v) is 6.04. The highest BCUT2D eigenvalue weighted by molar-refractivity contribution is 5.21. The first-order valence-electron chi connectivity index (χ1n) is 6.16. The summed E-state index contributed by atoms with van der Waals surface area (Å²) in [4.78, 5) is 1.64. The third-order valence-electron chi connectivity index (χ3n) is 4.65. The second-order valence-electron chi connectivity index (χ2n) is 6.04. The Hall–Kier alpha value is -0.260. The van der Waals surface area contributed by atoms with Crippen molar-refractivity contribution in [3.63, 3.8) is 0 Å². The van der Waals surface area contributed by atoms with Crippen molar-refractivity contribution in [2.24, 2.45) is 17.1 Å². The lowest BCUT2D eigenvalue weighted by atomic mass is 9.48. The van der Waals surface area contributed by atoms with Crippen LogP contribution in [0.2, 0.25) is 0 Å². The molecule has 100 valence electrons. The number of likely N-dealkylation sites (N-methyl/N-ethyl adjacent to an activating group) is 1. The monoisotopic (exact) mass is 248 g/mol. The van der Waals surface area contributed by atoms with E-state index in [2.05, 4.69) is 13.8 Å². The van der Waals surface area contributed by atoms with Gasteiger partial charge in [0.15, 0.2) is 0 Å². The highest BCUT2D eigenvalue weighted by Crippen LogP contribution is 2.58. The van der Waals surface area contributed by atoms with Crippen LogP contribution in [0.25, 0.3) is 0 Å². The van der Waals surface area contributed by atoms with Crippen molar-refractivity contribution in [2.75, 3.05) is 26.7 Å². The third-order valence-corrected chi connectivity index (χ3v) is 4.65. The molecule has 0 aromatic rings. The summed E-state index contributed by atoms with van der Waals surface area (Å²) < 4.78 is 30.4. The zero-order valence-corrected chi connectivity index (χ0v) is 10.7. The number of rotatable bonds is 4. The average Bonchev–Trinajstić information content (AvgIpc) is 2.62. The Morgan fingerprint density at radius 3 is 2.71 bits per heavy atom. The van der Waals surface area contributed by atoms with Gasteiger partial charge in [0.2, 0.25) is 0 Å². The van der Waals surface area contributed by atoms with E-state index in [-0.39, 0.29) is 18.1 Å².